The first-order valence-corrected chi connectivity index (χ1v) is 5.12. The van der Waals surface area contributed by atoms with Gasteiger partial charge in [-0.25, -0.2) is 0 Å². The Morgan fingerprint density at radius 3 is 2.76 bits per heavy atom. The van der Waals surface area contributed by atoms with Gasteiger partial charge in [-0.2, -0.15) is 0 Å². The molecule has 0 unspecified atom stereocenters. The van der Waals surface area contributed by atoms with E-state index in [4.69, 9.17) is 15.2 Å². The molecule has 5 heteroatoms. The van der Waals surface area contributed by atoms with Crippen molar-refractivity contribution < 1.29 is 19.1 Å². The van der Waals surface area contributed by atoms with Crippen LogP contribution in [0.15, 0.2) is 47.8 Å². The van der Waals surface area contributed by atoms with E-state index in [-0.39, 0.29) is 5.76 Å². The number of rotatable bonds is 3. The van der Waals surface area contributed by atoms with Crippen molar-refractivity contribution in [1.29, 1.82) is 0 Å². The maximum Gasteiger partial charge on any atom is 0.293 e. The number of hydrogen-bond donors (Lipinski definition) is 1. The van der Waals surface area contributed by atoms with Gasteiger partial charge in [-0.05, 0) is 18.4 Å². The van der Waals surface area contributed by atoms with E-state index in [1.54, 1.807) is 0 Å². The lowest BCUT2D eigenvalue weighted by Crippen LogP contribution is -2.26. The summed E-state index contributed by atoms with van der Waals surface area (Å²) < 4.78 is 10.3. The molecule has 0 aromatic heterocycles. The van der Waals surface area contributed by atoms with E-state index in [1.165, 1.54) is 6.26 Å². The Morgan fingerprint density at radius 1 is 1.29 bits per heavy atom. The minimum Gasteiger partial charge on any atom is -0.465 e. The van der Waals surface area contributed by atoms with Gasteiger partial charge in [0.25, 0.3) is 11.7 Å². The fourth-order valence-electron chi connectivity index (χ4n) is 1.49. The molecular weight excluding hydrogens is 222 g/mol. The Kier molecular flexibility index (Phi) is 3.09. The van der Waals surface area contributed by atoms with E-state index < -0.39 is 11.7 Å². The van der Waals surface area contributed by atoms with Crippen LogP contribution in [0.5, 0.6) is 0 Å². The number of hydrogen-bond acceptors (Lipinski definition) is 4. The van der Waals surface area contributed by atoms with Crippen molar-refractivity contribution in [3.63, 3.8) is 0 Å². The molecule has 0 saturated carbocycles. The monoisotopic (exact) mass is 233 g/mol. The molecule has 1 aliphatic heterocycles. The molecule has 0 atom stereocenters. The Morgan fingerprint density at radius 2 is 2.12 bits per heavy atom. The van der Waals surface area contributed by atoms with Gasteiger partial charge in [0.2, 0.25) is 5.76 Å². The molecule has 0 bridgehead atoms. The summed E-state index contributed by atoms with van der Waals surface area (Å²) in [5.74, 6) is -1.73. The third-order valence-electron chi connectivity index (χ3n) is 2.35. The van der Waals surface area contributed by atoms with Gasteiger partial charge < -0.3 is 15.2 Å². The highest BCUT2D eigenvalue weighted by Gasteiger charge is 2.23. The largest absolute Gasteiger partial charge is 0.465 e. The van der Waals surface area contributed by atoms with E-state index >= 15 is 0 Å². The van der Waals surface area contributed by atoms with Gasteiger partial charge >= 0.3 is 0 Å². The second-order valence-corrected chi connectivity index (χ2v) is 3.55. The van der Waals surface area contributed by atoms with Crippen molar-refractivity contribution in [3.8, 4) is 0 Å². The van der Waals surface area contributed by atoms with Gasteiger partial charge in [-0.1, -0.05) is 18.2 Å². The number of carbonyl (C=O) groups is 2. The summed E-state index contributed by atoms with van der Waals surface area (Å²) in [7, 11) is 0. The summed E-state index contributed by atoms with van der Waals surface area (Å²) in [6.07, 6.45) is 9.95. The van der Waals surface area contributed by atoms with Gasteiger partial charge in [-0.15, -0.1) is 0 Å². The Hall–Kier alpha value is -2.30. The average molecular weight is 233 g/mol. The van der Waals surface area contributed by atoms with Crippen molar-refractivity contribution in [2.75, 3.05) is 0 Å². The lowest BCUT2D eigenvalue weighted by Gasteiger charge is -2.17. The van der Waals surface area contributed by atoms with Crippen LogP contribution in [-0.4, -0.2) is 11.7 Å². The van der Waals surface area contributed by atoms with Crippen LogP contribution in [0.2, 0.25) is 0 Å². The Balaban J connectivity index is 2.12. The fourth-order valence-corrected chi connectivity index (χ4v) is 1.49. The predicted molar refractivity (Wildman–Crippen MR) is 59.0 cm³/mol. The third-order valence-corrected chi connectivity index (χ3v) is 2.35. The van der Waals surface area contributed by atoms with E-state index in [0.29, 0.717) is 5.76 Å². The molecule has 1 amide bonds. The SMILES string of the molecule is NC(=O)C(=O)C1=COC=C(C2=CC=CCC2)O1. The predicted octanol–water partition coefficient (Wildman–Crippen LogP) is 1.05. The number of ketones is 1. The number of carbonyl (C=O) groups excluding carboxylic acids is 2. The van der Waals surface area contributed by atoms with Crippen LogP contribution in [0.4, 0.5) is 0 Å². The average Bonchev–Trinajstić information content (AvgIpc) is 2.39. The van der Waals surface area contributed by atoms with Crippen molar-refractivity contribution in [3.05, 3.63) is 47.8 Å². The van der Waals surface area contributed by atoms with Crippen LogP contribution in [0.1, 0.15) is 12.8 Å². The minimum atomic E-state index is -1.07. The standard InChI is InChI=1S/C12H11NO4/c13-12(15)11(14)10-7-16-6-9(17-10)8-4-2-1-3-5-8/h1-2,4,6-7H,3,5H2,(H2,13,15). The van der Waals surface area contributed by atoms with Crippen molar-refractivity contribution >= 4 is 11.7 Å². The summed E-state index contributed by atoms with van der Waals surface area (Å²) in [6.45, 7) is 0. The van der Waals surface area contributed by atoms with E-state index in [2.05, 4.69) is 0 Å². The molecule has 0 radical (unpaired) electrons. The molecule has 17 heavy (non-hydrogen) atoms. The molecule has 88 valence electrons. The molecule has 2 rings (SSSR count). The smallest absolute Gasteiger partial charge is 0.293 e. The maximum absolute atomic E-state index is 11.3. The summed E-state index contributed by atoms with van der Waals surface area (Å²) >= 11 is 0. The second kappa shape index (κ2) is 4.69. The third kappa shape index (κ3) is 2.44. The van der Waals surface area contributed by atoms with Gasteiger partial charge in [0.05, 0.1) is 0 Å². The number of allylic oxidation sites excluding steroid dienone is 4. The zero-order valence-corrected chi connectivity index (χ0v) is 9.01. The number of ether oxygens (including phenoxy) is 2. The summed E-state index contributed by atoms with van der Waals surface area (Å²) in [4.78, 5) is 22.1. The molecule has 1 aliphatic carbocycles. The molecule has 2 N–H and O–H groups in total. The lowest BCUT2D eigenvalue weighted by atomic mass is 10.0. The molecule has 0 aromatic carbocycles. The highest BCUT2D eigenvalue weighted by Crippen LogP contribution is 2.26. The van der Waals surface area contributed by atoms with Crippen LogP contribution >= 0.6 is 0 Å². The summed E-state index contributed by atoms with van der Waals surface area (Å²) in [5, 5.41) is 0. The van der Waals surface area contributed by atoms with E-state index in [1.807, 2.05) is 18.2 Å². The molecule has 5 nitrogen and oxygen atoms in total. The van der Waals surface area contributed by atoms with Crippen LogP contribution in [-0.2, 0) is 19.1 Å². The molecular formula is C12H11NO4. The topological polar surface area (TPSA) is 78.6 Å². The van der Waals surface area contributed by atoms with Crippen LogP contribution in [0, 0.1) is 0 Å². The molecule has 0 aromatic rings. The van der Waals surface area contributed by atoms with E-state index in [9.17, 15) is 9.59 Å². The van der Waals surface area contributed by atoms with Gasteiger partial charge in [-0.3, -0.25) is 9.59 Å². The van der Waals surface area contributed by atoms with E-state index in [0.717, 1.165) is 24.7 Å². The highest BCUT2D eigenvalue weighted by atomic mass is 16.5. The number of amides is 1. The first kappa shape index (κ1) is 11.2. The Bertz CT molecular complexity index is 483. The lowest BCUT2D eigenvalue weighted by molar-refractivity contribution is -0.135. The number of nitrogens with two attached hydrogens (primary N) is 1. The van der Waals surface area contributed by atoms with Crippen molar-refractivity contribution in [2.45, 2.75) is 12.8 Å². The highest BCUT2D eigenvalue weighted by molar-refractivity contribution is 6.41. The normalized spacial score (nSPS) is 18.2. The quantitative estimate of drug-likeness (QED) is 0.739. The minimum absolute atomic E-state index is 0.189. The van der Waals surface area contributed by atoms with Gasteiger partial charge in [0, 0.05) is 0 Å². The molecule has 0 saturated heterocycles. The van der Waals surface area contributed by atoms with Crippen molar-refractivity contribution in [2.24, 2.45) is 5.73 Å². The van der Waals surface area contributed by atoms with Crippen LogP contribution in [0.3, 0.4) is 0 Å². The molecule has 0 fully saturated rings. The molecule has 1 heterocycles. The second-order valence-electron chi connectivity index (χ2n) is 3.55. The number of primary amides is 1. The first-order valence-electron chi connectivity index (χ1n) is 5.12. The van der Waals surface area contributed by atoms with Crippen molar-refractivity contribution in [1.82, 2.24) is 0 Å². The van der Waals surface area contributed by atoms with Crippen LogP contribution < -0.4 is 5.73 Å². The fraction of sp³-hybridized carbons (Fsp3) is 0.167. The van der Waals surface area contributed by atoms with Gasteiger partial charge in [0.1, 0.15) is 12.5 Å². The zero-order valence-electron chi connectivity index (χ0n) is 9.01. The Labute approximate surface area is 97.9 Å². The summed E-state index contributed by atoms with van der Waals surface area (Å²) in [5.41, 5.74) is 5.79. The molecule has 2 aliphatic rings. The molecule has 0 spiro atoms. The maximum atomic E-state index is 11.3. The first-order chi connectivity index (χ1) is 8.18. The van der Waals surface area contributed by atoms with Gasteiger partial charge in [0.15, 0.2) is 5.76 Å². The van der Waals surface area contributed by atoms with Crippen LogP contribution in [0.25, 0.3) is 0 Å². The summed E-state index contributed by atoms with van der Waals surface area (Å²) in [6, 6.07) is 0. The number of Topliss-reactive ketones (excluding diaryl/α,β-unsaturated/α-hetero) is 1. The zero-order chi connectivity index (χ0) is 12.3.